The van der Waals surface area contributed by atoms with Crippen LogP contribution in [-0.4, -0.2) is 10.9 Å². The maximum absolute atomic E-state index is 11.7. The van der Waals surface area contributed by atoms with Crippen molar-refractivity contribution in [1.29, 1.82) is 0 Å². The fourth-order valence-corrected chi connectivity index (χ4v) is 1.68. The quantitative estimate of drug-likeness (QED) is 0.519. The minimum Gasteiger partial charge on any atom is -0.397 e. The number of amides is 1. The molecule has 0 saturated carbocycles. The SMILES string of the molecule is Nc1ccccc1NC(=O)C=Cc1ccc(Br)nc1. The van der Waals surface area contributed by atoms with E-state index in [0.717, 1.165) is 10.2 Å². The Morgan fingerprint density at radius 2 is 2.05 bits per heavy atom. The molecule has 0 saturated heterocycles. The van der Waals surface area contributed by atoms with E-state index in [-0.39, 0.29) is 5.91 Å². The lowest BCUT2D eigenvalue weighted by Gasteiger charge is -2.04. The van der Waals surface area contributed by atoms with Gasteiger partial charge in [-0.15, -0.1) is 0 Å². The maximum Gasteiger partial charge on any atom is 0.248 e. The summed E-state index contributed by atoms with van der Waals surface area (Å²) in [4.78, 5) is 15.8. The van der Waals surface area contributed by atoms with Crippen LogP contribution in [0.2, 0.25) is 0 Å². The van der Waals surface area contributed by atoms with Crippen molar-refractivity contribution in [2.24, 2.45) is 0 Å². The van der Waals surface area contributed by atoms with Crippen molar-refractivity contribution in [1.82, 2.24) is 4.98 Å². The van der Waals surface area contributed by atoms with Gasteiger partial charge in [-0.25, -0.2) is 4.98 Å². The van der Waals surface area contributed by atoms with Crippen LogP contribution in [0.1, 0.15) is 5.56 Å². The molecule has 0 fully saturated rings. The van der Waals surface area contributed by atoms with E-state index in [1.165, 1.54) is 6.08 Å². The Balaban J connectivity index is 2.02. The molecule has 2 rings (SSSR count). The number of carbonyl (C=O) groups is 1. The van der Waals surface area contributed by atoms with Crippen LogP contribution in [0.5, 0.6) is 0 Å². The standard InChI is InChI=1S/C14H12BrN3O/c15-13-7-5-10(9-17-13)6-8-14(19)18-12-4-2-1-3-11(12)16/h1-9H,16H2,(H,18,19). The summed E-state index contributed by atoms with van der Waals surface area (Å²) < 4.78 is 0.756. The second-order valence-corrected chi connectivity index (χ2v) is 4.64. The molecule has 1 heterocycles. The van der Waals surface area contributed by atoms with Crippen molar-refractivity contribution >= 4 is 39.3 Å². The van der Waals surface area contributed by atoms with E-state index in [2.05, 4.69) is 26.2 Å². The number of aromatic nitrogens is 1. The summed E-state index contributed by atoms with van der Waals surface area (Å²) in [7, 11) is 0. The molecule has 0 spiro atoms. The van der Waals surface area contributed by atoms with Gasteiger partial charge in [0.05, 0.1) is 11.4 Å². The van der Waals surface area contributed by atoms with Gasteiger partial charge in [0.1, 0.15) is 4.60 Å². The molecule has 1 aromatic carbocycles. The van der Waals surface area contributed by atoms with Crippen LogP contribution in [0.4, 0.5) is 11.4 Å². The highest BCUT2D eigenvalue weighted by molar-refractivity contribution is 9.10. The monoisotopic (exact) mass is 317 g/mol. The van der Waals surface area contributed by atoms with E-state index < -0.39 is 0 Å². The van der Waals surface area contributed by atoms with E-state index in [0.29, 0.717) is 11.4 Å². The first-order valence-corrected chi connectivity index (χ1v) is 6.39. The van der Waals surface area contributed by atoms with Gasteiger partial charge in [-0.05, 0) is 45.8 Å². The van der Waals surface area contributed by atoms with Crippen LogP contribution in [0, 0.1) is 0 Å². The third-order valence-corrected chi connectivity index (χ3v) is 2.87. The van der Waals surface area contributed by atoms with Gasteiger partial charge >= 0.3 is 0 Å². The molecule has 2 aromatic rings. The Hall–Kier alpha value is -2.14. The molecule has 0 atom stereocenters. The summed E-state index contributed by atoms with van der Waals surface area (Å²) in [5.74, 6) is -0.235. The van der Waals surface area contributed by atoms with Crippen LogP contribution in [0.25, 0.3) is 6.08 Å². The third-order valence-electron chi connectivity index (χ3n) is 2.40. The molecular formula is C14H12BrN3O. The molecule has 0 bridgehead atoms. The van der Waals surface area contributed by atoms with E-state index in [9.17, 15) is 4.79 Å². The first-order chi connectivity index (χ1) is 9.15. The van der Waals surface area contributed by atoms with Crippen LogP contribution in [-0.2, 0) is 4.79 Å². The van der Waals surface area contributed by atoms with Crippen molar-refractivity contribution in [2.75, 3.05) is 11.1 Å². The van der Waals surface area contributed by atoms with Gasteiger partial charge in [0, 0.05) is 12.3 Å². The molecule has 0 aliphatic rings. The Bertz CT molecular complexity index is 608. The number of benzene rings is 1. The molecule has 0 aliphatic heterocycles. The Morgan fingerprint density at radius 3 is 2.74 bits per heavy atom. The van der Waals surface area contributed by atoms with Crippen LogP contribution in [0.15, 0.2) is 53.3 Å². The molecule has 0 unspecified atom stereocenters. The topological polar surface area (TPSA) is 68.0 Å². The molecule has 19 heavy (non-hydrogen) atoms. The third kappa shape index (κ3) is 3.93. The minimum absolute atomic E-state index is 0.235. The smallest absolute Gasteiger partial charge is 0.248 e. The average molecular weight is 318 g/mol. The van der Waals surface area contributed by atoms with Crippen molar-refractivity contribution in [3.05, 3.63) is 58.8 Å². The lowest BCUT2D eigenvalue weighted by molar-refractivity contribution is -0.111. The number of nitrogen functional groups attached to an aromatic ring is 1. The maximum atomic E-state index is 11.7. The van der Waals surface area contributed by atoms with Crippen LogP contribution >= 0.6 is 15.9 Å². The van der Waals surface area contributed by atoms with Gasteiger partial charge in [0.15, 0.2) is 0 Å². The average Bonchev–Trinajstić information content (AvgIpc) is 2.41. The predicted octanol–water partition coefficient (Wildman–Crippen LogP) is 3.08. The molecule has 96 valence electrons. The van der Waals surface area contributed by atoms with Crippen LogP contribution < -0.4 is 11.1 Å². The van der Waals surface area contributed by atoms with Gasteiger partial charge in [0.2, 0.25) is 5.91 Å². The Kier molecular flexibility index (Phi) is 4.30. The fourth-order valence-electron chi connectivity index (χ4n) is 1.44. The van der Waals surface area contributed by atoms with E-state index in [1.807, 2.05) is 24.3 Å². The number of halogens is 1. The number of nitrogens with two attached hydrogens (primary N) is 1. The highest BCUT2D eigenvalue weighted by Crippen LogP contribution is 2.16. The Morgan fingerprint density at radius 1 is 1.26 bits per heavy atom. The van der Waals surface area contributed by atoms with Gasteiger partial charge < -0.3 is 11.1 Å². The van der Waals surface area contributed by atoms with E-state index in [4.69, 9.17) is 5.73 Å². The number of pyridine rings is 1. The normalized spacial score (nSPS) is 10.6. The zero-order valence-electron chi connectivity index (χ0n) is 10.0. The van der Waals surface area contributed by atoms with E-state index in [1.54, 1.807) is 24.4 Å². The number of hydrogen-bond donors (Lipinski definition) is 2. The molecule has 4 nitrogen and oxygen atoms in total. The summed E-state index contributed by atoms with van der Waals surface area (Å²) in [5.41, 5.74) is 7.72. The highest BCUT2D eigenvalue weighted by Gasteiger charge is 2.00. The zero-order chi connectivity index (χ0) is 13.7. The number of carbonyl (C=O) groups excluding carboxylic acids is 1. The largest absolute Gasteiger partial charge is 0.397 e. The number of para-hydroxylation sites is 2. The fraction of sp³-hybridized carbons (Fsp3) is 0. The Labute approximate surface area is 119 Å². The molecular weight excluding hydrogens is 306 g/mol. The first-order valence-electron chi connectivity index (χ1n) is 5.60. The highest BCUT2D eigenvalue weighted by atomic mass is 79.9. The predicted molar refractivity (Wildman–Crippen MR) is 80.5 cm³/mol. The summed E-state index contributed by atoms with van der Waals surface area (Å²) in [6.45, 7) is 0. The second kappa shape index (κ2) is 6.15. The first kappa shape index (κ1) is 13.3. The van der Waals surface area contributed by atoms with Gasteiger partial charge in [-0.3, -0.25) is 4.79 Å². The summed E-state index contributed by atoms with van der Waals surface area (Å²) in [5, 5.41) is 2.71. The molecule has 5 heteroatoms. The molecule has 1 amide bonds. The lowest BCUT2D eigenvalue weighted by Crippen LogP contribution is -2.09. The van der Waals surface area contributed by atoms with Crippen molar-refractivity contribution in [3.8, 4) is 0 Å². The molecule has 0 radical (unpaired) electrons. The molecule has 3 N–H and O–H groups in total. The zero-order valence-corrected chi connectivity index (χ0v) is 11.6. The number of nitrogens with one attached hydrogen (secondary N) is 1. The number of rotatable bonds is 3. The van der Waals surface area contributed by atoms with Gasteiger partial charge in [0.25, 0.3) is 0 Å². The number of anilines is 2. The number of hydrogen-bond acceptors (Lipinski definition) is 3. The lowest BCUT2D eigenvalue weighted by atomic mass is 10.2. The van der Waals surface area contributed by atoms with Gasteiger partial charge in [-0.2, -0.15) is 0 Å². The summed E-state index contributed by atoms with van der Waals surface area (Å²) >= 11 is 3.25. The van der Waals surface area contributed by atoms with E-state index >= 15 is 0 Å². The molecule has 1 aromatic heterocycles. The second-order valence-electron chi connectivity index (χ2n) is 3.82. The van der Waals surface area contributed by atoms with Crippen molar-refractivity contribution in [2.45, 2.75) is 0 Å². The van der Waals surface area contributed by atoms with Crippen molar-refractivity contribution < 1.29 is 4.79 Å². The summed E-state index contributed by atoms with van der Waals surface area (Å²) in [6.07, 6.45) is 4.80. The van der Waals surface area contributed by atoms with Crippen LogP contribution in [0.3, 0.4) is 0 Å². The molecule has 0 aliphatic carbocycles. The van der Waals surface area contributed by atoms with Crippen molar-refractivity contribution in [3.63, 3.8) is 0 Å². The van der Waals surface area contributed by atoms with Gasteiger partial charge in [-0.1, -0.05) is 18.2 Å². The minimum atomic E-state index is -0.235. The number of nitrogens with zero attached hydrogens (tertiary/aromatic N) is 1. The summed E-state index contributed by atoms with van der Waals surface area (Å²) in [6, 6.07) is 10.8.